The van der Waals surface area contributed by atoms with E-state index in [0.29, 0.717) is 19.3 Å². The number of carbonyl (C=O) groups is 1. The Kier molecular flexibility index (Phi) is 3.70. The molecule has 2 aliphatic carbocycles. The average molecular weight is 364 g/mol. The summed E-state index contributed by atoms with van der Waals surface area (Å²) in [6, 6.07) is 1.77. The molecular weight excluding hydrogens is 336 g/mol. The molecule has 6 heteroatoms. The topological polar surface area (TPSA) is 100 Å². The van der Waals surface area contributed by atoms with E-state index >= 15 is 0 Å². The SMILES string of the molecule is CC1CCC2(C)C(C)(O)C(O)CCC2(O)C12CC(c1ccoc1)OC2=O. The first kappa shape index (κ1) is 18.0. The molecule has 1 aromatic heterocycles. The van der Waals surface area contributed by atoms with Crippen LogP contribution in [0.3, 0.4) is 0 Å². The van der Waals surface area contributed by atoms with Crippen LogP contribution in [-0.4, -0.2) is 38.6 Å². The Hall–Kier alpha value is -1.37. The lowest BCUT2D eigenvalue weighted by Crippen LogP contribution is -2.76. The minimum Gasteiger partial charge on any atom is -0.472 e. The molecule has 4 rings (SSSR count). The van der Waals surface area contributed by atoms with E-state index < -0.39 is 40.2 Å². The van der Waals surface area contributed by atoms with Crippen LogP contribution in [0.1, 0.15) is 64.5 Å². The zero-order valence-corrected chi connectivity index (χ0v) is 15.6. The Balaban J connectivity index is 1.84. The molecule has 0 radical (unpaired) electrons. The fourth-order valence-corrected chi connectivity index (χ4v) is 6.06. The van der Waals surface area contributed by atoms with Crippen molar-refractivity contribution >= 4 is 5.97 Å². The second-order valence-corrected chi connectivity index (χ2v) is 8.96. The molecule has 3 N–H and O–H groups in total. The van der Waals surface area contributed by atoms with Gasteiger partial charge in [-0.1, -0.05) is 13.8 Å². The molecule has 1 aliphatic heterocycles. The summed E-state index contributed by atoms with van der Waals surface area (Å²) in [4.78, 5) is 13.2. The summed E-state index contributed by atoms with van der Waals surface area (Å²) in [5.74, 6) is -0.493. The van der Waals surface area contributed by atoms with Crippen molar-refractivity contribution in [2.45, 2.75) is 76.3 Å². The Bertz CT molecular complexity index is 712. The molecule has 1 aromatic rings. The van der Waals surface area contributed by atoms with Crippen LogP contribution in [0.5, 0.6) is 0 Å². The largest absolute Gasteiger partial charge is 0.472 e. The van der Waals surface area contributed by atoms with Crippen molar-refractivity contribution in [2.75, 3.05) is 0 Å². The predicted molar refractivity (Wildman–Crippen MR) is 91.9 cm³/mol. The number of fused-ring (bicyclic) bond motifs is 2. The van der Waals surface area contributed by atoms with Gasteiger partial charge in [-0.05, 0) is 44.6 Å². The number of aliphatic hydroxyl groups excluding tert-OH is 1. The van der Waals surface area contributed by atoms with E-state index in [1.165, 1.54) is 0 Å². The van der Waals surface area contributed by atoms with Gasteiger partial charge in [-0.2, -0.15) is 0 Å². The molecule has 2 heterocycles. The van der Waals surface area contributed by atoms with Gasteiger partial charge in [0, 0.05) is 17.4 Å². The molecular formula is C20H28O6. The van der Waals surface area contributed by atoms with Gasteiger partial charge >= 0.3 is 5.97 Å². The fourth-order valence-electron chi connectivity index (χ4n) is 6.06. The maximum atomic E-state index is 13.2. The zero-order valence-electron chi connectivity index (χ0n) is 15.6. The molecule has 0 amide bonds. The van der Waals surface area contributed by atoms with Crippen molar-refractivity contribution in [2.24, 2.45) is 16.7 Å². The molecule has 0 bridgehead atoms. The Morgan fingerprint density at radius 2 is 1.92 bits per heavy atom. The summed E-state index contributed by atoms with van der Waals surface area (Å²) < 4.78 is 10.9. The fraction of sp³-hybridized carbons (Fsp3) is 0.750. The van der Waals surface area contributed by atoms with Gasteiger partial charge in [0.25, 0.3) is 0 Å². The van der Waals surface area contributed by atoms with Gasteiger partial charge in [0.15, 0.2) is 0 Å². The van der Waals surface area contributed by atoms with Gasteiger partial charge in [-0.25, -0.2) is 0 Å². The number of furan rings is 1. The maximum absolute atomic E-state index is 13.2. The van der Waals surface area contributed by atoms with E-state index in [4.69, 9.17) is 9.15 Å². The first-order valence-electron chi connectivity index (χ1n) is 9.46. The minimum atomic E-state index is -1.48. The number of ether oxygens (including phenoxy) is 1. The first-order chi connectivity index (χ1) is 12.1. The molecule has 3 fully saturated rings. The second-order valence-electron chi connectivity index (χ2n) is 8.96. The summed E-state index contributed by atoms with van der Waals surface area (Å²) in [5.41, 5.74) is -4.27. The molecule has 7 unspecified atom stereocenters. The van der Waals surface area contributed by atoms with Crippen LogP contribution in [0.25, 0.3) is 0 Å². The lowest BCUT2D eigenvalue weighted by molar-refractivity contribution is -0.307. The van der Waals surface area contributed by atoms with Crippen molar-refractivity contribution in [3.05, 3.63) is 24.2 Å². The normalized spacial score (nSPS) is 51.3. The minimum absolute atomic E-state index is 0.0870. The van der Waals surface area contributed by atoms with Crippen LogP contribution in [0, 0.1) is 16.7 Å². The number of hydrogen-bond donors (Lipinski definition) is 3. The Morgan fingerprint density at radius 1 is 1.19 bits per heavy atom. The van der Waals surface area contributed by atoms with Gasteiger partial charge in [0.2, 0.25) is 0 Å². The summed E-state index contributed by atoms with van der Waals surface area (Å²) in [6.07, 6.45) is 3.79. The maximum Gasteiger partial charge on any atom is 0.316 e. The number of hydrogen-bond acceptors (Lipinski definition) is 6. The molecule has 2 saturated carbocycles. The third-order valence-electron chi connectivity index (χ3n) is 8.15. The zero-order chi connectivity index (χ0) is 19.0. The molecule has 1 saturated heterocycles. The third-order valence-corrected chi connectivity index (χ3v) is 8.15. The van der Waals surface area contributed by atoms with Crippen molar-refractivity contribution in [1.82, 2.24) is 0 Å². The average Bonchev–Trinajstić information content (AvgIpc) is 3.22. The summed E-state index contributed by atoms with van der Waals surface area (Å²) in [7, 11) is 0. The molecule has 144 valence electrons. The van der Waals surface area contributed by atoms with Crippen LogP contribution in [0.2, 0.25) is 0 Å². The smallest absolute Gasteiger partial charge is 0.316 e. The van der Waals surface area contributed by atoms with Gasteiger partial charge in [0.1, 0.15) is 11.5 Å². The highest BCUT2D eigenvalue weighted by Gasteiger charge is 2.77. The van der Waals surface area contributed by atoms with Crippen molar-refractivity contribution in [3.63, 3.8) is 0 Å². The van der Waals surface area contributed by atoms with E-state index in [0.717, 1.165) is 5.56 Å². The number of esters is 1. The molecule has 3 aliphatic rings. The van der Waals surface area contributed by atoms with Crippen LogP contribution in [-0.2, 0) is 9.53 Å². The van der Waals surface area contributed by atoms with E-state index in [1.807, 2.05) is 13.8 Å². The quantitative estimate of drug-likeness (QED) is 0.661. The number of cyclic esters (lactones) is 1. The highest BCUT2D eigenvalue weighted by Crippen LogP contribution is 2.69. The lowest BCUT2D eigenvalue weighted by Gasteiger charge is -2.66. The van der Waals surface area contributed by atoms with Gasteiger partial charge < -0.3 is 24.5 Å². The standard InChI is InChI=1S/C20H28O6/c1-12-4-7-17(2)18(3,23)15(21)5-8-20(17,24)19(12)10-14(26-16(19)22)13-6-9-25-11-13/h6,9,11-12,14-15,21,23-24H,4-5,7-8,10H2,1-3H3. The Morgan fingerprint density at radius 3 is 2.58 bits per heavy atom. The second kappa shape index (κ2) is 5.33. The third kappa shape index (κ3) is 1.85. The summed E-state index contributed by atoms with van der Waals surface area (Å²) >= 11 is 0. The van der Waals surface area contributed by atoms with Gasteiger partial charge in [0.05, 0.1) is 29.8 Å². The van der Waals surface area contributed by atoms with Gasteiger partial charge in [-0.15, -0.1) is 0 Å². The molecule has 26 heavy (non-hydrogen) atoms. The van der Waals surface area contributed by atoms with Gasteiger partial charge in [-0.3, -0.25) is 4.79 Å². The number of carbonyl (C=O) groups excluding carboxylic acids is 1. The molecule has 7 atom stereocenters. The number of aliphatic hydroxyl groups is 3. The monoisotopic (exact) mass is 364 g/mol. The molecule has 6 nitrogen and oxygen atoms in total. The van der Waals surface area contributed by atoms with Crippen molar-refractivity contribution < 1.29 is 29.3 Å². The van der Waals surface area contributed by atoms with E-state index in [-0.39, 0.29) is 18.8 Å². The van der Waals surface area contributed by atoms with E-state index in [2.05, 4.69) is 0 Å². The molecule has 1 spiro atoms. The highest BCUT2D eigenvalue weighted by molar-refractivity contribution is 5.82. The van der Waals surface area contributed by atoms with Crippen molar-refractivity contribution in [1.29, 1.82) is 0 Å². The number of rotatable bonds is 1. The van der Waals surface area contributed by atoms with E-state index in [1.54, 1.807) is 25.5 Å². The van der Waals surface area contributed by atoms with E-state index in [9.17, 15) is 20.1 Å². The van der Waals surface area contributed by atoms with Crippen LogP contribution in [0.4, 0.5) is 0 Å². The van der Waals surface area contributed by atoms with Crippen molar-refractivity contribution in [3.8, 4) is 0 Å². The molecule has 0 aromatic carbocycles. The van der Waals surface area contributed by atoms with Crippen LogP contribution < -0.4 is 0 Å². The first-order valence-corrected chi connectivity index (χ1v) is 9.46. The van der Waals surface area contributed by atoms with Crippen LogP contribution >= 0.6 is 0 Å². The lowest BCUT2D eigenvalue weighted by atomic mass is 9.40. The highest BCUT2D eigenvalue weighted by atomic mass is 16.6. The Labute approximate surface area is 153 Å². The summed E-state index contributed by atoms with van der Waals surface area (Å²) in [6.45, 7) is 5.37. The predicted octanol–water partition coefficient (Wildman–Crippen LogP) is 2.33. The summed E-state index contributed by atoms with van der Waals surface area (Å²) in [5, 5.41) is 33.6. The van der Waals surface area contributed by atoms with Crippen LogP contribution in [0.15, 0.2) is 23.0 Å².